The van der Waals surface area contributed by atoms with Gasteiger partial charge in [0.15, 0.2) is 11.5 Å². The van der Waals surface area contributed by atoms with E-state index >= 15 is 0 Å². The van der Waals surface area contributed by atoms with Gasteiger partial charge in [0, 0.05) is 31.1 Å². The van der Waals surface area contributed by atoms with Gasteiger partial charge in [-0.15, -0.1) is 0 Å². The monoisotopic (exact) mass is 435 g/mol. The normalized spacial score (nSPS) is 27.8. The van der Waals surface area contributed by atoms with E-state index in [1.54, 1.807) is 12.1 Å². The number of carbonyl (C=O) groups excluding carboxylic acids is 1. The zero-order valence-electron chi connectivity index (χ0n) is 17.2. The molecule has 6 nitrogen and oxygen atoms in total. The summed E-state index contributed by atoms with van der Waals surface area (Å²) in [7, 11) is 0. The summed E-state index contributed by atoms with van der Waals surface area (Å²) < 4.78 is 30.4. The first kappa shape index (κ1) is 19.5. The van der Waals surface area contributed by atoms with Crippen molar-refractivity contribution < 1.29 is 28.5 Å². The second kappa shape index (κ2) is 7.46. The Balaban J connectivity index is 1.33. The number of esters is 1. The number of carbonyl (C=O) groups is 1. The molecule has 3 aliphatic heterocycles. The lowest BCUT2D eigenvalue weighted by Crippen LogP contribution is -2.51. The van der Waals surface area contributed by atoms with Crippen molar-refractivity contribution in [3.8, 4) is 11.5 Å². The van der Waals surface area contributed by atoms with Gasteiger partial charge in [-0.05, 0) is 53.5 Å². The second-order valence-corrected chi connectivity index (χ2v) is 8.62. The summed E-state index contributed by atoms with van der Waals surface area (Å²) in [6, 6.07) is 10.0. The van der Waals surface area contributed by atoms with Crippen molar-refractivity contribution in [2.45, 2.75) is 37.1 Å². The van der Waals surface area contributed by atoms with Crippen LogP contribution in [0.1, 0.15) is 29.0 Å². The van der Waals surface area contributed by atoms with Crippen LogP contribution in [0.4, 0.5) is 4.39 Å². The fourth-order valence-electron chi connectivity index (χ4n) is 5.42. The van der Waals surface area contributed by atoms with Crippen LogP contribution in [0.25, 0.3) is 6.08 Å². The highest BCUT2D eigenvalue weighted by Gasteiger charge is 2.50. The molecule has 0 spiro atoms. The summed E-state index contributed by atoms with van der Waals surface area (Å²) in [5.41, 5.74) is 3.87. The maximum atomic E-state index is 13.4. The lowest BCUT2D eigenvalue weighted by atomic mass is 9.73. The zero-order chi connectivity index (χ0) is 21.8. The van der Waals surface area contributed by atoms with Crippen molar-refractivity contribution in [1.29, 1.82) is 0 Å². The van der Waals surface area contributed by atoms with Crippen molar-refractivity contribution >= 4 is 12.0 Å². The van der Waals surface area contributed by atoms with Gasteiger partial charge in [-0.1, -0.05) is 23.8 Å². The van der Waals surface area contributed by atoms with Crippen LogP contribution in [0.5, 0.6) is 11.5 Å². The molecule has 1 N–H and O–H groups in total. The number of rotatable bonds is 3. The van der Waals surface area contributed by atoms with Gasteiger partial charge in [-0.3, -0.25) is 4.90 Å². The Morgan fingerprint density at radius 2 is 2.06 bits per heavy atom. The molecule has 2 aromatic carbocycles. The molecule has 1 saturated heterocycles. The van der Waals surface area contributed by atoms with Gasteiger partial charge in [0.1, 0.15) is 18.0 Å². The number of aliphatic hydroxyl groups is 1. The minimum absolute atomic E-state index is 0.0799. The van der Waals surface area contributed by atoms with Crippen molar-refractivity contribution in [1.82, 2.24) is 4.90 Å². The van der Waals surface area contributed by atoms with Crippen molar-refractivity contribution in [2.24, 2.45) is 0 Å². The van der Waals surface area contributed by atoms with Gasteiger partial charge in [-0.25, -0.2) is 9.18 Å². The Labute approximate surface area is 184 Å². The molecule has 6 rings (SSSR count). The second-order valence-electron chi connectivity index (χ2n) is 8.62. The van der Waals surface area contributed by atoms with Crippen LogP contribution < -0.4 is 9.47 Å². The third kappa shape index (κ3) is 3.20. The largest absolute Gasteiger partial charge is 0.455 e. The first-order chi connectivity index (χ1) is 15.6. The molecule has 0 aromatic heterocycles. The maximum Gasteiger partial charge on any atom is 0.331 e. The molecule has 4 atom stereocenters. The van der Waals surface area contributed by atoms with E-state index in [1.807, 2.05) is 18.2 Å². The zero-order valence-corrected chi connectivity index (χ0v) is 17.2. The van der Waals surface area contributed by atoms with Crippen LogP contribution in [0.2, 0.25) is 0 Å². The first-order valence-electron chi connectivity index (χ1n) is 10.8. The van der Waals surface area contributed by atoms with Crippen LogP contribution in [0.15, 0.2) is 54.1 Å². The fourth-order valence-corrected chi connectivity index (χ4v) is 5.42. The average molecular weight is 435 g/mol. The number of nitrogens with zero attached hydrogens (tertiary/aromatic N) is 1. The molecular formula is C25H22FNO5. The standard InChI is InChI=1S/C25H22FNO5/c26-17-3-1-2-14(8-17)4-5-22(29)32-25-19(28)9-15-6-7-27-12-16-10-20-21(31-13-30-20)11-18(16)23(25)24(15)27/h1-5,8-11,19,23-25,28H,6-7,12-13H2/b5-4+/t19-,23?,24?,25+/m0/s1. The molecular weight excluding hydrogens is 413 g/mol. The Hall–Kier alpha value is -3.16. The van der Waals surface area contributed by atoms with E-state index in [4.69, 9.17) is 14.2 Å². The van der Waals surface area contributed by atoms with E-state index in [2.05, 4.69) is 4.90 Å². The number of hydrogen-bond donors (Lipinski definition) is 1. The van der Waals surface area contributed by atoms with Crippen LogP contribution >= 0.6 is 0 Å². The molecule has 164 valence electrons. The van der Waals surface area contributed by atoms with Crippen molar-refractivity contribution in [3.63, 3.8) is 0 Å². The average Bonchev–Trinajstić information content (AvgIpc) is 3.40. The first-order valence-corrected chi connectivity index (χ1v) is 10.8. The number of ether oxygens (including phenoxy) is 3. The molecule has 32 heavy (non-hydrogen) atoms. The van der Waals surface area contributed by atoms with E-state index in [1.165, 1.54) is 29.9 Å². The van der Waals surface area contributed by atoms with E-state index in [0.29, 0.717) is 11.3 Å². The third-order valence-corrected chi connectivity index (χ3v) is 6.76. The quantitative estimate of drug-likeness (QED) is 0.454. The number of aliphatic hydroxyl groups excluding tert-OH is 1. The molecule has 1 aliphatic carbocycles. The summed E-state index contributed by atoms with van der Waals surface area (Å²) in [5, 5.41) is 10.9. The highest BCUT2D eigenvalue weighted by Crippen LogP contribution is 2.50. The Bertz CT molecular complexity index is 1160. The molecule has 4 aliphatic rings. The summed E-state index contributed by atoms with van der Waals surface area (Å²) in [6.45, 7) is 1.86. The molecule has 2 unspecified atom stereocenters. The Morgan fingerprint density at radius 1 is 1.22 bits per heavy atom. The Kier molecular flexibility index (Phi) is 4.55. The van der Waals surface area contributed by atoms with Crippen molar-refractivity contribution in [3.05, 3.63) is 76.6 Å². The van der Waals surface area contributed by atoms with E-state index in [9.17, 15) is 14.3 Å². The Morgan fingerprint density at radius 3 is 2.91 bits per heavy atom. The number of hydrogen-bond acceptors (Lipinski definition) is 6. The molecule has 0 radical (unpaired) electrons. The summed E-state index contributed by atoms with van der Waals surface area (Å²) >= 11 is 0. The maximum absolute atomic E-state index is 13.4. The fraction of sp³-hybridized carbons (Fsp3) is 0.320. The predicted octanol–water partition coefficient (Wildman–Crippen LogP) is 3.15. The molecule has 0 amide bonds. The summed E-state index contributed by atoms with van der Waals surface area (Å²) in [6.07, 6.45) is 3.86. The van der Waals surface area contributed by atoms with E-state index < -0.39 is 18.2 Å². The van der Waals surface area contributed by atoms with Crippen LogP contribution in [-0.2, 0) is 16.1 Å². The predicted molar refractivity (Wildman–Crippen MR) is 114 cm³/mol. The van der Waals surface area contributed by atoms with E-state index in [0.717, 1.165) is 36.4 Å². The summed E-state index contributed by atoms with van der Waals surface area (Å²) in [4.78, 5) is 15.0. The van der Waals surface area contributed by atoms with Crippen LogP contribution in [0, 0.1) is 5.82 Å². The molecule has 3 heterocycles. The van der Waals surface area contributed by atoms with Crippen molar-refractivity contribution in [2.75, 3.05) is 13.3 Å². The topological polar surface area (TPSA) is 68.2 Å². The minimum Gasteiger partial charge on any atom is -0.455 e. The van der Waals surface area contributed by atoms with E-state index in [-0.39, 0.29) is 24.6 Å². The van der Waals surface area contributed by atoms with Crippen LogP contribution in [0.3, 0.4) is 0 Å². The molecule has 1 fully saturated rings. The molecule has 7 heteroatoms. The highest BCUT2D eigenvalue weighted by molar-refractivity contribution is 5.87. The van der Waals surface area contributed by atoms with Gasteiger partial charge in [0.2, 0.25) is 6.79 Å². The SMILES string of the molecule is O=C(/C=C/c1cccc(F)c1)O[C@H]1C2c3cc4c(cc3CN3CCC(=C[C@@H]1O)C23)OCO4. The number of benzene rings is 2. The minimum atomic E-state index is -0.908. The smallest absolute Gasteiger partial charge is 0.331 e. The lowest BCUT2D eigenvalue weighted by Gasteiger charge is -2.45. The number of halogens is 1. The molecule has 0 saturated carbocycles. The molecule has 2 aromatic rings. The third-order valence-electron chi connectivity index (χ3n) is 6.76. The van der Waals surface area contributed by atoms with Gasteiger partial charge < -0.3 is 19.3 Å². The summed E-state index contributed by atoms with van der Waals surface area (Å²) in [5.74, 6) is 0.238. The lowest BCUT2D eigenvalue weighted by molar-refractivity contribution is -0.150. The van der Waals surface area contributed by atoms with Gasteiger partial charge in [0.25, 0.3) is 0 Å². The van der Waals surface area contributed by atoms with Gasteiger partial charge in [0.05, 0.1) is 0 Å². The highest BCUT2D eigenvalue weighted by atomic mass is 19.1. The molecule has 0 bridgehead atoms. The number of fused-ring (bicyclic) bond motifs is 3. The van der Waals surface area contributed by atoms with Gasteiger partial charge in [-0.2, -0.15) is 0 Å². The van der Waals surface area contributed by atoms with Crippen LogP contribution in [-0.4, -0.2) is 47.6 Å². The van der Waals surface area contributed by atoms with Gasteiger partial charge >= 0.3 is 5.97 Å².